The van der Waals surface area contributed by atoms with E-state index in [0.717, 1.165) is 0 Å². The second-order valence-corrected chi connectivity index (χ2v) is 2.56. The van der Waals surface area contributed by atoms with Gasteiger partial charge in [-0.3, -0.25) is 4.79 Å². The number of aldehydes is 1. The summed E-state index contributed by atoms with van der Waals surface area (Å²) in [6, 6.07) is 6.15. The molecule has 0 radical (unpaired) electrons. The first-order valence-electron chi connectivity index (χ1n) is 3.78. The van der Waals surface area contributed by atoms with Crippen LogP contribution in [0.1, 0.15) is 21.5 Å². The van der Waals surface area contributed by atoms with Crippen molar-refractivity contribution in [2.75, 3.05) is 0 Å². The second-order valence-electron chi connectivity index (χ2n) is 2.56. The Balaban J connectivity index is 3.38. The van der Waals surface area contributed by atoms with Gasteiger partial charge in [-0.1, -0.05) is 6.07 Å². The van der Waals surface area contributed by atoms with Crippen LogP contribution in [0, 0.1) is 28.5 Å². The van der Waals surface area contributed by atoms with Crippen LogP contribution in [0.3, 0.4) is 0 Å². The number of nitrogens with zero attached hydrogens (tertiary/aromatic N) is 2. The van der Waals surface area contributed by atoms with Crippen LogP contribution in [0.25, 0.3) is 0 Å². The molecule has 0 fully saturated rings. The van der Waals surface area contributed by atoms with Gasteiger partial charge in [-0.2, -0.15) is 10.5 Å². The first-order chi connectivity index (χ1) is 6.74. The minimum Gasteiger partial charge on any atom is -0.298 e. The summed E-state index contributed by atoms with van der Waals surface area (Å²) in [7, 11) is 0. The molecule has 14 heavy (non-hydrogen) atoms. The first kappa shape index (κ1) is 9.88. The summed E-state index contributed by atoms with van der Waals surface area (Å²) in [6.45, 7) is 0. The zero-order chi connectivity index (χ0) is 10.6. The van der Waals surface area contributed by atoms with Gasteiger partial charge in [0.25, 0.3) is 0 Å². The maximum Gasteiger partial charge on any atom is 0.154 e. The summed E-state index contributed by atoms with van der Waals surface area (Å²) < 4.78 is 13.4. The summed E-state index contributed by atoms with van der Waals surface area (Å²) >= 11 is 0. The van der Waals surface area contributed by atoms with E-state index in [-0.39, 0.29) is 29.4 Å². The first-order valence-corrected chi connectivity index (χ1v) is 3.78. The Bertz CT molecular complexity index is 454. The Hall–Kier alpha value is -2.20. The maximum atomic E-state index is 13.4. The molecule has 3 nitrogen and oxygen atoms in total. The number of nitriles is 2. The van der Waals surface area contributed by atoms with Gasteiger partial charge < -0.3 is 0 Å². The van der Waals surface area contributed by atoms with Crippen molar-refractivity contribution < 1.29 is 9.18 Å². The minimum absolute atomic E-state index is 0.0146. The fourth-order valence-electron chi connectivity index (χ4n) is 1.07. The van der Waals surface area contributed by atoms with Crippen molar-refractivity contribution in [1.29, 1.82) is 10.5 Å². The Morgan fingerprint density at radius 1 is 1.43 bits per heavy atom. The lowest BCUT2D eigenvalue weighted by Gasteiger charge is -2.01. The van der Waals surface area contributed by atoms with Crippen molar-refractivity contribution in [2.24, 2.45) is 0 Å². The Morgan fingerprint density at radius 3 is 2.64 bits per heavy atom. The van der Waals surface area contributed by atoms with Crippen molar-refractivity contribution in [3.05, 3.63) is 34.6 Å². The lowest BCUT2D eigenvalue weighted by atomic mass is 10.0. The van der Waals surface area contributed by atoms with Gasteiger partial charge in [0.15, 0.2) is 6.29 Å². The molecule has 1 aromatic carbocycles. The topological polar surface area (TPSA) is 64.7 Å². The third-order valence-corrected chi connectivity index (χ3v) is 1.77. The molecule has 0 bridgehead atoms. The fourth-order valence-corrected chi connectivity index (χ4v) is 1.07. The zero-order valence-corrected chi connectivity index (χ0v) is 7.12. The van der Waals surface area contributed by atoms with Crippen molar-refractivity contribution in [3.63, 3.8) is 0 Å². The maximum absolute atomic E-state index is 13.4. The van der Waals surface area contributed by atoms with E-state index in [0.29, 0.717) is 0 Å². The molecule has 0 saturated heterocycles. The van der Waals surface area contributed by atoms with Crippen LogP contribution < -0.4 is 0 Å². The Morgan fingerprint density at radius 2 is 2.14 bits per heavy atom. The van der Waals surface area contributed by atoms with Crippen molar-refractivity contribution in [2.45, 2.75) is 6.42 Å². The lowest BCUT2D eigenvalue weighted by molar-refractivity contribution is 0.111. The number of halogens is 1. The van der Waals surface area contributed by atoms with E-state index in [4.69, 9.17) is 10.5 Å². The Kier molecular flexibility index (Phi) is 2.93. The van der Waals surface area contributed by atoms with Crippen LogP contribution >= 0.6 is 0 Å². The molecule has 0 aliphatic carbocycles. The monoisotopic (exact) mass is 188 g/mol. The number of carbonyl (C=O) groups excluding carboxylic acids is 1. The third kappa shape index (κ3) is 1.60. The van der Waals surface area contributed by atoms with E-state index in [9.17, 15) is 9.18 Å². The van der Waals surface area contributed by atoms with Gasteiger partial charge in [0.05, 0.1) is 29.7 Å². The molecular formula is C10H5FN2O. The molecule has 0 spiro atoms. The van der Waals surface area contributed by atoms with Crippen LogP contribution in [-0.2, 0) is 6.42 Å². The van der Waals surface area contributed by atoms with Crippen LogP contribution in [0.4, 0.5) is 4.39 Å². The van der Waals surface area contributed by atoms with Crippen molar-refractivity contribution in [1.82, 2.24) is 0 Å². The molecule has 1 rings (SSSR count). The largest absolute Gasteiger partial charge is 0.298 e. The molecule has 0 atom stereocenters. The molecule has 0 heterocycles. The van der Waals surface area contributed by atoms with E-state index in [2.05, 4.69) is 0 Å². The van der Waals surface area contributed by atoms with Gasteiger partial charge >= 0.3 is 0 Å². The predicted molar refractivity (Wildman–Crippen MR) is 45.8 cm³/mol. The van der Waals surface area contributed by atoms with Crippen LogP contribution in [0.5, 0.6) is 0 Å². The summed E-state index contributed by atoms with van der Waals surface area (Å²) in [5.41, 5.74) is -0.159. The summed E-state index contributed by atoms with van der Waals surface area (Å²) in [4.78, 5) is 10.5. The molecule has 0 N–H and O–H groups in total. The van der Waals surface area contributed by atoms with Gasteiger partial charge in [0.2, 0.25) is 0 Å². The highest BCUT2D eigenvalue weighted by Gasteiger charge is 2.11. The average Bonchev–Trinajstić information content (AvgIpc) is 2.21. The van der Waals surface area contributed by atoms with Crippen LogP contribution in [-0.4, -0.2) is 6.29 Å². The number of hydrogen-bond donors (Lipinski definition) is 0. The molecule has 0 unspecified atom stereocenters. The number of carbonyl (C=O) groups is 1. The highest BCUT2D eigenvalue weighted by atomic mass is 19.1. The van der Waals surface area contributed by atoms with Gasteiger partial charge in [0.1, 0.15) is 5.82 Å². The normalized spacial score (nSPS) is 8.79. The van der Waals surface area contributed by atoms with Gasteiger partial charge in [-0.15, -0.1) is 0 Å². The highest BCUT2D eigenvalue weighted by molar-refractivity contribution is 5.80. The van der Waals surface area contributed by atoms with E-state index in [1.807, 2.05) is 0 Å². The molecular weight excluding hydrogens is 183 g/mol. The lowest BCUT2D eigenvalue weighted by Crippen LogP contribution is -1.98. The van der Waals surface area contributed by atoms with Crippen molar-refractivity contribution >= 4 is 6.29 Å². The molecule has 68 valence electrons. The average molecular weight is 188 g/mol. The summed E-state index contributed by atoms with van der Waals surface area (Å²) in [6.07, 6.45) is 0.174. The zero-order valence-electron chi connectivity index (χ0n) is 7.12. The molecule has 0 amide bonds. The highest BCUT2D eigenvalue weighted by Crippen LogP contribution is 2.16. The summed E-state index contributed by atoms with van der Waals surface area (Å²) in [5.74, 6) is -0.777. The minimum atomic E-state index is -0.777. The van der Waals surface area contributed by atoms with Crippen molar-refractivity contribution in [3.8, 4) is 12.1 Å². The number of benzene rings is 1. The standard InChI is InChI=1S/C10H5FN2O/c11-10-7(3-4-12)1-2-8(5-13)9(10)6-14/h1-2,6H,3H2. The van der Waals surface area contributed by atoms with E-state index in [1.165, 1.54) is 12.1 Å². The van der Waals surface area contributed by atoms with Crippen LogP contribution in [0.15, 0.2) is 12.1 Å². The molecule has 0 aliphatic heterocycles. The quantitative estimate of drug-likeness (QED) is 0.661. The summed E-state index contributed by atoms with van der Waals surface area (Å²) in [5, 5.41) is 16.9. The van der Waals surface area contributed by atoms with Gasteiger partial charge in [-0.05, 0) is 6.07 Å². The number of rotatable bonds is 2. The number of hydrogen-bond acceptors (Lipinski definition) is 3. The van der Waals surface area contributed by atoms with E-state index >= 15 is 0 Å². The molecule has 0 aliphatic rings. The third-order valence-electron chi connectivity index (χ3n) is 1.77. The predicted octanol–water partition coefficient (Wildman–Crippen LogP) is 1.58. The second kappa shape index (κ2) is 4.15. The SMILES string of the molecule is N#CCc1ccc(C#N)c(C=O)c1F. The van der Waals surface area contributed by atoms with Gasteiger partial charge in [-0.25, -0.2) is 4.39 Å². The van der Waals surface area contributed by atoms with Gasteiger partial charge in [0, 0.05) is 5.56 Å². The molecule has 0 saturated carbocycles. The fraction of sp³-hybridized carbons (Fsp3) is 0.100. The smallest absolute Gasteiger partial charge is 0.154 e. The van der Waals surface area contributed by atoms with E-state index < -0.39 is 5.82 Å². The van der Waals surface area contributed by atoms with E-state index in [1.54, 1.807) is 12.1 Å². The Labute approximate surface area is 80.0 Å². The molecule has 1 aromatic rings. The molecule has 0 aromatic heterocycles. The van der Waals surface area contributed by atoms with Crippen LogP contribution in [0.2, 0.25) is 0 Å². The molecule has 4 heteroatoms.